The van der Waals surface area contributed by atoms with Crippen molar-refractivity contribution in [3.63, 3.8) is 0 Å². The van der Waals surface area contributed by atoms with Crippen LogP contribution in [-0.4, -0.2) is 38.1 Å². The van der Waals surface area contributed by atoms with Gasteiger partial charge in [-0.15, -0.1) is 0 Å². The van der Waals surface area contributed by atoms with E-state index in [0.717, 1.165) is 7.11 Å². The Balaban J connectivity index is 2.18. The first-order chi connectivity index (χ1) is 13.7. The lowest BCUT2D eigenvalue weighted by Gasteiger charge is -2.39. The van der Waals surface area contributed by atoms with E-state index in [-0.39, 0.29) is 35.1 Å². The Labute approximate surface area is 167 Å². The minimum atomic E-state index is -10.0. The maximum Gasteiger partial charge on any atom is 0.325 e. The fraction of sp³-hybridized carbons (Fsp3) is 0.278. The van der Waals surface area contributed by atoms with Crippen molar-refractivity contribution in [1.29, 1.82) is 0 Å². The van der Waals surface area contributed by atoms with E-state index < -0.39 is 32.4 Å². The number of ketones is 1. The van der Waals surface area contributed by atoms with Gasteiger partial charge in [-0.25, -0.2) is 4.98 Å². The average molecular weight is 453 g/mol. The number of fused-ring (bicyclic) bond motifs is 1. The molecule has 30 heavy (non-hydrogen) atoms. The van der Waals surface area contributed by atoms with Gasteiger partial charge in [0.05, 0.1) is 21.3 Å². The Morgan fingerprint density at radius 1 is 1.03 bits per heavy atom. The smallest absolute Gasteiger partial charge is 0.325 e. The Hall–Kier alpha value is -2.89. The number of ether oxygens (including phenoxy) is 3. The number of halogens is 5. The van der Waals surface area contributed by atoms with Crippen LogP contribution in [0.15, 0.2) is 35.5 Å². The number of pyridine rings is 1. The molecule has 0 spiro atoms. The molecule has 1 aliphatic carbocycles. The molecule has 0 radical (unpaired) electrons. The lowest BCUT2D eigenvalue weighted by Crippen LogP contribution is -2.43. The highest BCUT2D eigenvalue weighted by atomic mass is 32.5. The van der Waals surface area contributed by atoms with E-state index in [9.17, 15) is 29.0 Å². The van der Waals surface area contributed by atoms with Gasteiger partial charge in [0.25, 0.3) is 0 Å². The van der Waals surface area contributed by atoms with E-state index in [0.29, 0.717) is 17.8 Å². The molecule has 1 heterocycles. The van der Waals surface area contributed by atoms with Gasteiger partial charge in [-0.2, -0.15) is 0 Å². The number of benzene rings is 1. The summed E-state index contributed by atoms with van der Waals surface area (Å²) in [7, 11) is -6.33. The van der Waals surface area contributed by atoms with Crippen LogP contribution in [0.5, 0.6) is 11.5 Å². The number of rotatable bonds is 5. The number of esters is 1. The largest absolute Gasteiger partial charge is 0.493 e. The van der Waals surface area contributed by atoms with Crippen molar-refractivity contribution in [2.45, 2.75) is 16.9 Å². The first-order valence-electron chi connectivity index (χ1n) is 8.26. The van der Waals surface area contributed by atoms with Gasteiger partial charge in [-0.05, 0) is 29.3 Å². The van der Waals surface area contributed by atoms with Crippen LogP contribution < -0.4 is 9.47 Å². The standard InChI is InChI=1S/C18H16F5NO5S/c1-27-13-6-10-8-18(17(26)29-3,16(25)12(10)7-14(13)28-2)11-4-5-15(24-9-11)30(19,20,21,22)23/h4-7,9H,8H2,1-3H3. The van der Waals surface area contributed by atoms with Gasteiger partial charge in [0.1, 0.15) is 0 Å². The highest BCUT2D eigenvalue weighted by Crippen LogP contribution is 3.01. The van der Waals surface area contributed by atoms with Crippen LogP contribution in [0.2, 0.25) is 0 Å². The van der Waals surface area contributed by atoms with Crippen molar-refractivity contribution < 1.29 is 43.2 Å². The zero-order chi connectivity index (χ0) is 22.6. The molecule has 0 saturated carbocycles. The molecule has 0 fully saturated rings. The summed E-state index contributed by atoms with van der Waals surface area (Å²) >= 11 is 0. The van der Waals surface area contributed by atoms with Crippen molar-refractivity contribution in [2.24, 2.45) is 0 Å². The van der Waals surface area contributed by atoms with Gasteiger partial charge >= 0.3 is 16.2 Å². The Kier molecular flexibility index (Phi) is 4.41. The molecule has 12 heteroatoms. The fourth-order valence-electron chi connectivity index (χ4n) is 3.43. The molecule has 2 aromatic rings. The van der Waals surface area contributed by atoms with Gasteiger partial charge in [0.2, 0.25) is 0 Å². The molecular formula is C18H16F5NO5S. The van der Waals surface area contributed by atoms with E-state index in [2.05, 4.69) is 4.98 Å². The normalized spacial score (nSPS) is 20.7. The maximum absolute atomic E-state index is 13.2. The Bertz CT molecular complexity index is 1060. The third kappa shape index (κ3) is 3.34. The van der Waals surface area contributed by atoms with Gasteiger partial charge in [-0.1, -0.05) is 25.5 Å². The molecule has 164 valence electrons. The second kappa shape index (κ2) is 6.06. The third-order valence-electron chi connectivity index (χ3n) is 4.86. The molecule has 0 N–H and O–H groups in total. The molecule has 1 unspecified atom stereocenters. The predicted octanol–water partition coefficient (Wildman–Crippen LogP) is 4.61. The van der Waals surface area contributed by atoms with Gasteiger partial charge in [-0.3, -0.25) is 9.59 Å². The summed E-state index contributed by atoms with van der Waals surface area (Å²) in [6.45, 7) is 0. The summed E-state index contributed by atoms with van der Waals surface area (Å²) in [4.78, 5) is 28.7. The minimum Gasteiger partial charge on any atom is -0.493 e. The highest BCUT2D eigenvalue weighted by molar-refractivity contribution is 8.45. The van der Waals surface area contributed by atoms with Crippen molar-refractivity contribution in [3.05, 3.63) is 47.2 Å². The van der Waals surface area contributed by atoms with Crippen LogP contribution in [0.3, 0.4) is 0 Å². The van der Waals surface area contributed by atoms with Crippen LogP contribution in [-0.2, 0) is 21.4 Å². The number of methoxy groups -OCH3 is 3. The number of nitrogens with zero attached hydrogens (tertiary/aromatic N) is 1. The lowest BCUT2D eigenvalue weighted by atomic mass is 9.77. The van der Waals surface area contributed by atoms with Crippen LogP contribution in [0.25, 0.3) is 0 Å². The molecule has 0 aliphatic heterocycles. The maximum atomic E-state index is 13.2. The highest BCUT2D eigenvalue weighted by Gasteiger charge is 2.67. The molecular weight excluding hydrogens is 437 g/mol. The molecule has 1 atom stereocenters. The zero-order valence-electron chi connectivity index (χ0n) is 15.9. The van der Waals surface area contributed by atoms with Crippen molar-refractivity contribution >= 4 is 22.0 Å². The summed E-state index contributed by atoms with van der Waals surface area (Å²) in [6.07, 6.45) is 0.161. The number of aromatic nitrogens is 1. The fourth-order valence-corrected chi connectivity index (χ4v) is 4.00. The van der Waals surface area contributed by atoms with E-state index in [1.807, 2.05) is 0 Å². The summed E-state index contributed by atoms with van der Waals surface area (Å²) < 4.78 is 80.0. The monoisotopic (exact) mass is 453 g/mol. The Morgan fingerprint density at radius 2 is 1.63 bits per heavy atom. The lowest BCUT2D eigenvalue weighted by molar-refractivity contribution is -0.145. The average Bonchev–Trinajstić information content (AvgIpc) is 2.97. The molecule has 1 aromatic carbocycles. The number of hydrogen-bond donors (Lipinski definition) is 0. The molecule has 0 amide bonds. The summed E-state index contributed by atoms with van der Waals surface area (Å²) in [5, 5.41) is -2.37. The summed E-state index contributed by atoms with van der Waals surface area (Å²) in [6, 6.07) is 3.47. The van der Waals surface area contributed by atoms with Gasteiger partial charge < -0.3 is 14.2 Å². The van der Waals surface area contributed by atoms with E-state index >= 15 is 0 Å². The minimum absolute atomic E-state index is 0.0546. The topological polar surface area (TPSA) is 74.7 Å². The van der Waals surface area contributed by atoms with E-state index in [4.69, 9.17) is 14.2 Å². The van der Waals surface area contributed by atoms with Gasteiger partial charge in [0, 0.05) is 18.2 Å². The van der Waals surface area contributed by atoms with Crippen molar-refractivity contribution in [1.82, 2.24) is 4.98 Å². The SMILES string of the molecule is COC(=O)C1(c2ccc(S(F)(F)(F)(F)F)nc2)Cc2cc(OC)c(OC)cc2C1=O. The number of carbonyl (C=O) groups excluding carboxylic acids is 2. The molecule has 3 rings (SSSR count). The first-order valence-corrected chi connectivity index (χ1v) is 10.2. The summed E-state index contributed by atoms with van der Waals surface area (Å²) in [5.74, 6) is -1.39. The van der Waals surface area contributed by atoms with Crippen molar-refractivity contribution in [2.75, 3.05) is 21.3 Å². The van der Waals surface area contributed by atoms with Crippen LogP contribution >= 0.6 is 10.2 Å². The van der Waals surface area contributed by atoms with E-state index in [1.54, 1.807) is 0 Å². The molecule has 0 bridgehead atoms. The second-order valence-corrected chi connectivity index (χ2v) is 8.98. The number of carbonyl (C=O) groups is 2. The zero-order valence-corrected chi connectivity index (χ0v) is 16.7. The number of Topliss-reactive ketones (excluding diaryl/α,β-unsaturated/α-hetero) is 1. The van der Waals surface area contributed by atoms with Crippen LogP contribution in [0.4, 0.5) is 19.4 Å². The van der Waals surface area contributed by atoms with E-state index in [1.165, 1.54) is 26.4 Å². The van der Waals surface area contributed by atoms with Crippen molar-refractivity contribution in [3.8, 4) is 11.5 Å². The molecule has 1 aliphatic rings. The summed E-state index contributed by atoms with van der Waals surface area (Å²) in [5.41, 5.74) is -1.98. The van der Waals surface area contributed by atoms with Crippen LogP contribution in [0, 0.1) is 0 Å². The third-order valence-corrected chi connectivity index (χ3v) is 5.89. The molecule has 1 aromatic heterocycles. The first kappa shape index (κ1) is 21.8. The van der Waals surface area contributed by atoms with Crippen LogP contribution in [0.1, 0.15) is 21.5 Å². The second-order valence-electron chi connectivity index (χ2n) is 6.62. The quantitative estimate of drug-likeness (QED) is 0.374. The molecule has 0 saturated heterocycles. The molecule has 6 nitrogen and oxygen atoms in total. The van der Waals surface area contributed by atoms with Gasteiger partial charge in [0.15, 0.2) is 27.7 Å². The number of hydrogen-bond acceptors (Lipinski definition) is 6. The Morgan fingerprint density at radius 3 is 2.10 bits per heavy atom. The predicted molar refractivity (Wildman–Crippen MR) is 96.9 cm³/mol.